The lowest BCUT2D eigenvalue weighted by molar-refractivity contribution is 1.13. The minimum Gasteiger partial charge on any atom is -0.360 e. The smallest absolute Gasteiger partial charge is 0.0867 e. The van der Waals surface area contributed by atoms with Gasteiger partial charge < -0.3 is 9.97 Å². The van der Waals surface area contributed by atoms with Gasteiger partial charge in [0.25, 0.3) is 0 Å². The molecule has 0 bridgehead atoms. The van der Waals surface area contributed by atoms with Crippen molar-refractivity contribution >= 4 is 11.4 Å². The quantitative estimate of drug-likeness (QED) is 0.640. The Labute approximate surface area is 141 Å². The van der Waals surface area contributed by atoms with Crippen molar-refractivity contribution in [2.45, 2.75) is 13.3 Å². The number of rotatable bonds is 6. The van der Waals surface area contributed by atoms with Gasteiger partial charge in [-0.15, -0.1) is 0 Å². The number of aromatic nitrogens is 3. The maximum atomic E-state index is 4.72. The van der Waals surface area contributed by atoms with E-state index in [2.05, 4.69) is 21.5 Å². The summed E-state index contributed by atoms with van der Waals surface area (Å²) in [6.45, 7) is 6.02. The molecule has 3 heterocycles. The fourth-order valence-corrected chi connectivity index (χ4v) is 2.47. The van der Waals surface area contributed by atoms with E-state index in [1.165, 1.54) is 0 Å². The number of allylic oxidation sites excluding steroid dienone is 2. The molecule has 0 spiro atoms. The van der Waals surface area contributed by atoms with Crippen LogP contribution >= 0.6 is 0 Å². The normalized spacial score (nSPS) is 12.0. The highest BCUT2D eigenvalue weighted by Crippen LogP contribution is 2.16. The van der Waals surface area contributed by atoms with Crippen LogP contribution in [-0.4, -0.2) is 20.7 Å². The molecule has 2 N–H and O–H groups in total. The maximum absolute atomic E-state index is 4.72. The van der Waals surface area contributed by atoms with E-state index in [4.69, 9.17) is 4.98 Å². The molecule has 0 aliphatic carbocycles. The average molecular weight is 316 g/mol. The summed E-state index contributed by atoms with van der Waals surface area (Å²) >= 11 is 0. The van der Waals surface area contributed by atoms with Crippen LogP contribution < -0.4 is 0 Å². The Hall–Kier alpha value is -3.14. The van der Waals surface area contributed by atoms with E-state index in [1.807, 2.05) is 73.9 Å². The first-order chi connectivity index (χ1) is 11.8. The number of aromatic amines is 2. The molecule has 3 aromatic rings. The molecule has 3 rings (SSSR count). The molecule has 0 amide bonds. The molecule has 0 atom stereocenters. The van der Waals surface area contributed by atoms with E-state index in [9.17, 15) is 0 Å². The molecule has 0 saturated carbocycles. The molecule has 0 unspecified atom stereocenters. The molecule has 3 aromatic heterocycles. The van der Waals surface area contributed by atoms with Crippen LogP contribution in [0, 0.1) is 0 Å². The summed E-state index contributed by atoms with van der Waals surface area (Å²) in [4.78, 5) is 15.7. The fraction of sp³-hybridized carbons (Fsp3) is 0.100. The SMILES string of the molecule is C=C(N=C(/C=C\C)Cc1cccc(-c2ccc[nH]2)n1)c1ccc[nH]1. The second kappa shape index (κ2) is 7.42. The topological polar surface area (TPSA) is 56.8 Å². The summed E-state index contributed by atoms with van der Waals surface area (Å²) in [5, 5.41) is 0. The van der Waals surface area contributed by atoms with Crippen LogP contribution in [-0.2, 0) is 6.42 Å². The van der Waals surface area contributed by atoms with Gasteiger partial charge in [0.15, 0.2) is 0 Å². The lowest BCUT2D eigenvalue weighted by atomic mass is 10.1. The van der Waals surface area contributed by atoms with Crippen molar-refractivity contribution in [1.29, 1.82) is 0 Å². The van der Waals surface area contributed by atoms with Crippen molar-refractivity contribution in [3.63, 3.8) is 0 Å². The lowest BCUT2D eigenvalue weighted by Crippen LogP contribution is -2.03. The van der Waals surface area contributed by atoms with E-state index in [0.29, 0.717) is 12.1 Å². The Morgan fingerprint density at radius 2 is 1.96 bits per heavy atom. The highest BCUT2D eigenvalue weighted by Gasteiger charge is 2.05. The van der Waals surface area contributed by atoms with E-state index in [1.54, 1.807) is 0 Å². The third-order valence-electron chi connectivity index (χ3n) is 3.59. The van der Waals surface area contributed by atoms with Crippen LogP contribution in [0.2, 0.25) is 0 Å². The number of H-pyrrole nitrogens is 2. The largest absolute Gasteiger partial charge is 0.360 e. The first kappa shape index (κ1) is 15.7. The predicted octanol–water partition coefficient (Wildman–Crippen LogP) is 4.64. The summed E-state index contributed by atoms with van der Waals surface area (Å²) in [6.07, 6.45) is 8.40. The van der Waals surface area contributed by atoms with Crippen molar-refractivity contribution in [1.82, 2.24) is 15.0 Å². The summed E-state index contributed by atoms with van der Waals surface area (Å²) in [5.74, 6) is 0. The van der Waals surface area contributed by atoms with Crippen molar-refractivity contribution in [3.05, 3.63) is 85.0 Å². The third kappa shape index (κ3) is 3.79. The zero-order chi connectivity index (χ0) is 16.8. The molecule has 4 heteroatoms. The first-order valence-corrected chi connectivity index (χ1v) is 7.89. The van der Waals surface area contributed by atoms with E-state index in [0.717, 1.165) is 28.5 Å². The highest BCUT2D eigenvalue weighted by molar-refractivity contribution is 5.99. The van der Waals surface area contributed by atoms with Gasteiger partial charge in [0.05, 0.1) is 22.8 Å². The van der Waals surface area contributed by atoms with Gasteiger partial charge in [-0.2, -0.15) is 0 Å². The molecular weight excluding hydrogens is 296 g/mol. The van der Waals surface area contributed by atoms with Crippen LogP contribution in [0.1, 0.15) is 18.3 Å². The fourth-order valence-electron chi connectivity index (χ4n) is 2.47. The molecule has 24 heavy (non-hydrogen) atoms. The van der Waals surface area contributed by atoms with Crippen molar-refractivity contribution in [2.24, 2.45) is 4.99 Å². The molecule has 0 aliphatic rings. The Kier molecular flexibility index (Phi) is 4.87. The van der Waals surface area contributed by atoms with Crippen molar-refractivity contribution < 1.29 is 0 Å². The molecular formula is C20H20N4. The van der Waals surface area contributed by atoms with Crippen LogP contribution in [0.15, 0.2) is 78.6 Å². The second-order valence-electron chi connectivity index (χ2n) is 5.41. The van der Waals surface area contributed by atoms with Gasteiger partial charge >= 0.3 is 0 Å². The van der Waals surface area contributed by atoms with Gasteiger partial charge in [-0.25, -0.2) is 0 Å². The van der Waals surface area contributed by atoms with Gasteiger partial charge in [-0.3, -0.25) is 9.98 Å². The lowest BCUT2D eigenvalue weighted by Gasteiger charge is -2.05. The number of aliphatic imine (C=N–C) groups is 1. The van der Waals surface area contributed by atoms with Crippen LogP contribution in [0.3, 0.4) is 0 Å². The monoisotopic (exact) mass is 316 g/mol. The predicted molar refractivity (Wildman–Crippen MR) is 99.8 cm³/mol. The zero-order valence-electron chi connectivity index (χ0n) is 13.7. The minimum absolute atomic E-state index is 0.651. The maximum Gasteiger partial charge on any atom is 0.0867 e. The Morgan fingerprint density at radius 3 is 2.67 bits per heavy atom. The first-order valence-electron chi connectivity index (χ1n) is 7.89. The standard InChI is InChI=1S/C20H20N4/c1-3-7-16(23-15(2)18-10-5-12-21-18)14-17-8-4-9-20(24-17)19-11-6-13-22-19/h3-13,21-22H,2,14H2,1H3/b7-3-,23-16?. The summed E-state index contributed by atoms with van der Waals surface area (Å²) < 4.78 is 0. The van der Waals surface area contributed by atoms with E-state index in [-0.39, 0.29) is 0 Å². The Morgan fingerprint density at radius 1 is 1.12 bits per heavy atom. The molecule has 0 aliphatic heterocycles. The average Bonchev–Trinajstić information content (AvgIpc) is 3.29. The molecule has 4 nitrogen and oxygen atoms in total. The van der Waals surface area contributed by atoms with Crippen molar-refractivity contribution in [3.8, 4) is 11.4 Å². The van der Waals surface area contributed by atoms with Crippen LogP contribution in [0.5, 0.6) is 0 Å². The number of hydrogen-bond donors (Lipinski definition) is 2. The second-order valence-corrected chi connectivity index (χ2v) is 5.41. The van der Waals surface area contributed by atoms with E-state index >= 15 is 0 Å². The van der Waals surface area contributed by atoms with Crippen LogP contribution in [0.4, 0.5) is 0 Å². The summed E-state index contributed by atoms with van der Waals surface area (Å²) in [6, 6.07) is 13.9. The van der Waals surface area contributed by atoms with E-state index < -0.39 is 0 Å². The summed E-state index contributed by atoms with van der Waals surface area (Å²) in [7, 11) is 0. The van der Waals surface area contributed by atoms with Gasteiger partial charge in [0, 0.05) is 30.2 Å². The number of pyridine rings is 1. The molecule has 120 valence electrons. The summed E-state index contributed by atoms with van der Waals surface area (Å²) in [5.41, 5.74) is 5.47. The van der Waals surface area contributed by atoms with Crippen molar-refractivity contribution in [2.75, 3.05) is 0 Å². The van der Waals surface area contributed by atoms with Crippen LogP contribution in [0.25, 0.3) is 17.1 Å². The van der Waals surface area contributed by atoms with Gasteiger partial charge in [-0.1, -0.05) is 18.7 Å². The minimum atomic E-state index is 0.651. The Bertz CT molecular complexity index is 853. The number of nitrogens with zero attached hydrogens (tertiary/aromatic N) is 2. The molecule has 0 fully saturated rings. The number of hydrogen-bond acceptors (Lipinski definition) is 2. The highest BCUT2D eigenvalue weighted by atomic mass is 14.8. The van der Waals surface area contributed by atoms with Gasteiger partial charge in [-0.05, 0) is 49.4 Å². The number of nitrogens with one attached hydrogen (secondary N) is 2. The van der Waals surface area contributed by atoms with Gasteiger partial charge in [0.2, 0.25) is 0 Å². The zero-order valence-corrected chi connectivity index (χ0v) is 13.7. The molecule has 0 radical (unpaired) electrons. The molecule has 0 aromatic carbocycles. The van der Waals surface area contributed by atoms with Gasteiger partial charge in [0.1, 0.15) is 0 Å². The molecule has 0 saturated heterocycles. The Balaban J connectivity index is 1.84. The third-order valence-corrected chi connectivity index (χ3v) is 3.59.